The van der Waals surface area contributed by atoms with Crippen molar-refractivity contribution in [1.29, 1.82) is 0 Å². The number of hydrogen-bond donors (Lipinski definition) is 8. The highest BCUT2D eigenvalue weighted by atomic mass is 16.7. The number of aliphatic hydroxyl groups excluding tert-OH is 6. The molecule has 0 unspecified atom stereocenters. The van der Waals surface area contributed by atoms with Crippen LogP contribution in [0.25, 0.3) is 0 Å². The van der Waals surface area contributed by atoms with Gasteiger partial charge in [-0.3, -0.25) is 4.79 Å². The molecule has 6 fully saturated rings. The van der Waals surface area contributed by atoms with Gasteiger partial charge in [0.25, 0.3) is 0 Å². The summed E-state index contributed by atoms with van der Waals surface area (Å²) in [5.41, 5.74) is -5.39. The van der Waals surface area contributed by atoms with Gasteiger partial charge < -0.3 is 73.7 Å². The molecule has 1 aromatic rings. The molecule has 0 aromatic carbocycles. The average molecular weight is 799 g/mol. The maximum atomic E-state index is 13.0. The van der Waals surface area contributed by atoms with Crippen molar-refractivity contribution in [3.05, 3.63) is 34.4 Å². The van der Waals surface area contributed by atoms with Gasteiger partial charge in [0, 0.05) is 37.9 Å². The normalized spacial score (nSPS) is 51.7. The molecule has 2 saturated heterocycles. The number of carbonyl (C=O) groups is 1. The van der Waals surface area contributed by atoms with Crippen molar-refractivity contribution < 1.29 is 78.5 Å². The zero-order chi connectivity index (χ0) is 40.7. The molecule has 0 radical (unpaired) electrons. The summed E-state index contributed by atoms with van der Waals surface area (Å²) in [5, 5.41) is 89.9. The quantitative estimate of drug-likeness (QED) is 0.118. The van der Waals surface area contributed by atoms with E-state index in [-0.39, 0.29) is 25.2 Å². The minimum absolute atomic E-state index is 0.0814. The molecule has 316 valence electrons. The van der Waals surface area contributed by atoms with Gasteiger partial charge in [0.15, 0.2) is 12.6 Å². The molecular formula is C39H58O17. The minimum Gasteiger partial charge on any atom is -0.462 e. The van der Waals surface area contributed by atoms with E-state index < -0.39 is 132 Å². The standard InChI is InChI=1S/C39H58O17/c1-17-32(56-34-30(46)29(45)28(44)24(15-40)55-34)33(50-5)31(47)35(52-17)54-20-8-10-36(3)22(12-20)23(53-18(2)41)14-38(48)25(36)13-26(42)37(4)21(9-11-39(37,38)49)19-6-7-27(43)51-16-19/h6-7,16-17,20-26,28-35,40,42,44-49H,8-15H2,1-5H3/t17-,20-,21+,22+,23+,24+,25+,26+,28+,29-,30+,31-,32-,33-,34-,35-,36-,37-,38-,39+/m0/s1. The summed E-state index contributed by atoms with van der Waals surface area (Å²) < 4.78 is 40.8. The second kappa shape index (κ2) is 15.2. The van der Waals surface area contributed by atoms with Crippen LogP contribution in [-0.2, 0) is 33.2 Å². The molecule has 4 aliphatic carbocycles. The Labute approximate surface area is 324 Å². The summed E-state index contributed by atoms with van der Waals surface area (Å²) in [6, 6.07) is 2.93. The lowest BCUT2D eigenvalue weighted by Crippen LogP contribution is -2.77. The van der Waals surface area contributed by atoms with Gasteiger partial charge in [-0.25, -0.2) is 4.79 Å². The number of rotatable bonds is 8. The Hall–Kier alpha value is -2.10. The minimum atomic E-state index is -1.79. The van der Waals surface area contributed by atoms with E-state index in [0.717, 1.165) is 0 Å². The molecule has 56 heavy (non-hydrogen) atoms. The van der Waals surface area contributed by atoms with Crippen LogP contribution >= 0.6 is 0 Å². The van der Waals surface area contributed by atoms with E-state index in [1.807, 2.05) is 6.92 Å². The summed E-state index contributed by atoms with van der Waals surface area (Å²) in [5.74, 6) is -1.95. The van der Waals surface area contributed by atoms with Crippen LogP contribution in [0.4, 0.5) is 0 Å². The molecule has 0 amide bonds. The summed E-state index contributed by atoms with van der Waals surface area (Å²) in [4.78, 5) is 24.4. The Kier molecular flexibility index (Phi) is 11.4. The Morgan fingerprint density at radius 3 is 2.27 bits per heavy atom. The van der Waals surface area contributed by atoms with Crippen molar-refractivity contribution in [2.75, 3.05) is 13.7 Å². The van der Waals surface area contributed by atoms with Crippen LogP contribution in [0.1, 0.15) is 84.1 Å². The van der Waals surface area contributed by atoms with Crippen LogP contribution in [0.2, 0.25) is 0 Å². The summed E-state index contributed by atoms with van der Waals surface area (Å²) in [6.07, 6.45) is -12.3. The first-order valence-corrected chi connectivity index (χ1v) is 19.7. The van der Waals surface area contributed by atoms with Crippen molar-refractivity contribution in [2.45, 2.75) is 169 Å². The first-order valence-electron chi connectivity index (χ1n) is 19.7. The van der Waals surface area contributed by atoms with Crippen molar-refractivity contribution in [1.82, 2.24) is 0 Å². The second-order valence-electron chi connectivity index (χ2n) is 17.5. The van der Waals surface area contributed by atoms with E-state index in [4.69, 9.17) is 32.8 Å². The van der Waals surface area contributed by atoms with Crippen LogP contribution in [-0.4, -0.2) is 151 Å². The van der Waals surface area contributed by atoms with E-state index in [1.165, 1.54) is 26.4 Å². The van der Waals surface area contributed by atoms with Crippen LogP contribution in [0.15, 0.2) is 27.6 Å². The first-order chi connectivity index (χ1) is 26.3. The number of carbonyl (C=O) groups excluding carboxylic acids is 1. The fraction of sp³-hybridized carbons (Fsp3) is 0.846. The Morgan fingerprint density at radius 1 is 0.911 bits per heavy atom. The lowest BCUT2D eigenvalue weighted by molar-refractivity contribution is -0.364. The molecular weight excluding hydrogens is 740 g/mol. The Balaban J connectivity index is 1.10. The lowest BCUT2D eigenvalue weighted by atomic mass is 9.40. The zero-order valence-electron chi connectivity index (χ0n) is 32.4. The monoisotopic (exact) mass is 798 g/mol. The average Bonchev–Trinajstić information content (AvgIpc) is 3.45. The van der Waals surface area contributed by atoms with Gasteiger partial charge in [0.05, 0.1) is 31.2 Å². The molecule has 4 saturated carbocycles. The van der Waals surface area contributed by atoms with Gasteiger partial charge in [-0.2, -0.15) is 0 Å². The van der Waals surface area contributed by atoms with Crippen LogP contribution in [0.5, 0.6) is 0 Å². The van der Waals surface area contributed by atoms with E-state index >= 15 is 0 Å². The summed E-state index contributed by atoms with van der Waals surface area (Å²) in [6.45, 7) is 6.08. The fourth-order valence-corrected chi connectivity index (χ4v) is 11.9. The number of aliphatic hydroxyl groups is 8. The van der Waals surface area contributed by atoms with Gasteiger partial charge in [0.2, 0.25) is 0 Å². The molecule has 7 rings (SSSR count). The predicted octanol–water partition coefficient (Wildman–Crippen LogP) is -0.801. The van der Waals surface area contributed by atoms with Crippen molar-refractivity contribution >= 4 is 5.97 Å². The number of ether oxygens (including phenoxy) is 6. The highest BCUT2D eigenvalue weighted by molar-refractivity contribution is 5.66. The number of methoxy groups -OCH3 is 1. The summed E-state index contributed by atoms with van der Waals surface area (Å²) in [7, 11) is 1.35. The maximum absolute atomic E-state index is 13.0. The lowest BCUT2D eigenvalue weighted by Gasteiger charge is -2.69. The van der Waals surface area contributed by atoms with Gasteiger partial charge in [-0.05, 0) is 74.3 Å². The molecule has 17 heteroatoms. The van der Waals surface area contributed by atoms with E-state index in [1.54, 1.807) is 19.9 Å². The van der Waals surface area contributed by atoms with Crippen LogP contribution < -0.4 is 5.63 Å². The van der Waals surface area contributed by atoms with Crippen molar-refractivity contribution in [3.8, 4) is 0 Å². The van der Waals surface area contributed by atoms with Gasteiger partial charge >= 0.3 is 11.6 Å². The molecule has 0 bridgehead atoms. The molecule has 0 spiro atoms. The van der Waals surface area contributed by atoms with Gasteiger partial charge in [-0.1, -0.05) is 13.8 Å². The number of esters is 1. The highest BCUT2D eigenvalue weighted by Gasteiger charge is 2.78. The predicted molar refractivity (Wildman–Crippen MR) is 189 cm³/mol. The molecule has 17 nitrogen and oxygen atoms in total. The molecule has 6 aliphatic rings. The van der Waals surface area contributed by atoms with E-state index in [2.05, 4.69) is 0 Å². The molecule has 20 atom stereocenters. The van der Waals surface area contributed by atoms with E-state index in [9.17, 15) is 50.4 Å². The van der Waals surface area contributed by atoms with Gasteiger partial charge in [0.1, 0.15) is 60.0 Å². The third kappa shape index (κ3) is 6.40. The van der Waals surface area contributed by atoms with E-state index in [0.29, 0.717) is 31.2 Å². The molecule has 3 heterocycles. The fourth-order valence-electron chi connectivity index (χ4n) is 11.9. The SMILES string of the molecule is CO[C@H]1[C@H](O)[C@H](O[C@H]2CC[C@@]3(C)[C@H](C2)[C@H](OC(C)=O)C[C@]2(O)[C@@H]3C[C@@H](O)[C@]3(C)[C@@H](c4ccc(=O)oc4)CC[C@@]32O)O[C@@H](C)[C@@H]1O[C@@H]1O[C@H](CO)[C@@H](O)[C@H](O)[C@H]1O. The molecule has 8 N–H and O–H groups in total. The van der Waals surface area contributed by atoms with Crippen molar-refractivity contribution in [2.24, 2.45) is 22.7 Å². The van der Waals surface area contributed by atoms with Crippen LogP contribution in [0, 0.1) is 22.7 Å². The number of fused-ring (bicyclic) bond motifs is 5. The number of hydrogen-bond acceptors (Lipinski definition) is 17. The third-order valence-corrected chi connectivity index (χ3v) is 14.9. The molecule has 2 aliphatic heterocycles. The summed E-state index contributed by atoms with van der Waals surface area (Å²) >= 11 is 0. The topological polar surface area (TPSA) is 264 Å². The van der Waals surface area contributed by atoms with Crippen LogP contribution in [0.3, 0.4) is 0 Å². The largest absolute Gasteiger partial charge is 0.462 e. The highest BCUT2D eigenvalue weighted by Crippen LogP contribution is 2.72. The zero-order valence-corrected chi connectivity index (χ0v) is 32.4. The smallest absolute Gasteiger partial charge is 0.335 e. The maximum Gasteiger partial charge on any atom is 0.335 e. The van der Waals surface area contributed by atoms with Crippen molar-refractivity contribution in [3.63, 3.8) is 0 Å². The Bertz CT molecular complexity index is 1620. The first kappa shape index (κ1) is 42.0. The second-order valence-corrected chi connectivity index (χ2v) is 17.5. The Morgan fingerprint density at radius 2 is 1.62 bits per heavy atom. The molecule has 1 aromatic heterocycles. The third-order valence-electron chi connectivity index (χ3n) is 14.9. The van der Waals surface area contributed by atoms with Gasteiger partial charge in [-0.15, -0.1) is 0 Å².